The lowest BCUT2D eigenvalue weighted by molar-refractivity contribution is 0.312. The second kappa shape index (κ2) is 6.39. The Kier molecular flexibility index (Phi) is 5.02. The Balaban J connectivity index is 2.30. The average molecular weight is 347 g/mol. The largest absolute Gasteiger partial charge is 0.361 e. The first-order valence-electron chi connectivity index (χ1n) is 7.08. The number of halogens is 3. The first-order chi connectivity index (χ1) is 9.43. The van der Waals surface area contributed by atoms with Crippen molar-refractivity contribution in [2.75, 3.05) is 18.0 Å². The van der Waals surface area contributed by atoms with Gasteiger partial charge in [0, 0.05) is 29.6 Å². The zero-order valence-electron chi connectivity index (χ0n) is 12.1. The van der Waals surface area contributed by atoms with Crippen LogP contribution >= 0.6 is 15.9 Å². The quantitative estimate of drug-likeness (QED) is 0.891. The third kappa shape index (κ3) is 3.14. The van der Waals surface area contributed by atoms with E-state index < -0.39 is 11.6 Å². The smallest absolute Gasteiger partial charge is 0.150 e. The number of anilines is 1. The van der Waals surface area contributed by atoms with E-state index in [2.05, 4.69) is 35.1 Å². The van der Waals surface area contributed by atoms with E-state index >= 15 is 0 Å². The van der Waals surface area contributed by atoms with Crippen LogP contribution in [0.2, 0.25) is 0 Å². The minimum Gasteiger partial charge on any atom is -0.361 e. The van der Waals surface area contributed by atoms with E-state index in [4.69, 9.17) is 0 Å². The highest BCUT2D eigenvalue weighted by atomic mass is 79.9. The van der Waals surface area contributed by atoms with Crippen LogP contribution in [0.3, 0.4) is 0 Å². The number of rotatable bonds is 3. The first-order valence-corrected chi connectivity index (χ1v) is 7.87. The van der Waals surface area contributed by atoms with E-state index in [1.54, 1.807) is 0 Å². The highest BCUT2D eigenvalue weighted by molar-refractivity contribution is 9.10. The second-order valence-corrected chi connectivity index (χ2v) is 6.54. The summed E-state index contributed by atoms with van der Waals surface area (Å²) in [5, 5.41) is 3.47. The topological polar surface area (TPSA) is 15.3 Å². The van der Waals surface area contributed by atoms with Gasteiger partial charge in [-0.2, -0.15) is 0 Å². The van der Waals surface area contributed by atoms with Gasteiger partial charge in [0.25, 0.3) is 0 Å². The Labute approximate surface area is 127 Å². The molecule has 1 aliphatic heterocycles. The summed E-state index contributed by atoms with van der Waals surface area (Å²) in [6.07, 6.45) is 1.05. The van der Waals surface area contributed by atoms with Gasteiger partial charge in [-0.15, -0.1) is 0 Å². The molecule has 0 saturated carbocycles. The molecule has 0 spiro atoms. The Bertz CT molecular complexity index is 458. The first kappa shape index (κ1) is 15.7. The molecule has 2 rings (SSSR count). The van der Waals surface area contributed by atoms with Crippen LogP contribution in [0.1, 0.15) is 27.2 Å². The average Bonchev–Trinajstić information content (AvgIpc) is 2.38. The lowest BCUT2D eigenvalue weighted by Gasteiger charge is -2.42. The molecule has 1 N–H and O–H groups in total. The zero-order chi connectivity index (χ0) is 14.9. The van der Waals surface area contributed by atoms with Gasteiger partial charge >= 0.3 is 0 Å². The molecule has 1 aromatic rings. The number of nitrogens with one attached hydrogen (secondary N) is 1. The van der Waals surface area contributed by atoms with Gasteiger partial charge in [0.05, 0.1) is 0 Å². The van der Waals surface area contributed by atoms with Crippen LogP contribution in [-0.2, 0) is 0 Å². The van der Waals surface area contributed by atoms with Crippen molar-refractivity contribution >= 4 is 21.6 Å². The molecule has 1 aromatic carbocycles. The Morgan fingerprint density at radius 2 is 2.00 bits per heavy atom. The molecule has 1 aliphatic rings. The molecule has 1 fully saturated rings. The predicted octanol–water partition coefficient (Wildman–Crippen LogP) is 3.94. The molecule has 0 aliphatic carbocycles. The van der Waals surface area contributed by atoms with Crippen molar-refractivity contribution in [2.45, 2.75) is 39.3 Å². The molecular formula is C15H21BrF2N2. The number of benzene rings is 1. The molecule has 1 saturated heterocycles. The monoisotopic (exact) mass is 346 g/mol. The predicted molar refractivity (Wildman–Crippen MR) is 82.1 cm³/mol. The summed E-state index contributed by atoms with van der Waals surface area (Å²) in [4.78, 5) is 1.85. The lowest BCUT2D eigenvalue weighted by atomic mass is 9.95. The number of hydrogen-bond acceptors (Lipinski definition) is 2. The fourth-order valence-corrected chi connectivity index (χ4v) is 3.08. The Morgan fingerprint density at radius 1 is 1.40 bits per heavy atom. The van der Waals surface area contributed by atoms with Crippen molar-refractivity contribution in [1.82, 2.24) is 5.32 Å². The molecule has 5 heteroatoms. The molecular weight excluding hydrogens is 326 g/mol. The van der Waals surface area contributed by atoms with E-state index in [-0.39, 0.29) is 17.8 Å². The molecule has 0 bridgehead atoms. The lowest BCUT2D eigenvalue weighted by Crippen LogP contribution is -2.58. The fourth-order valence-electron chi connectivity index (χ4n) is 2.67. The summed E-state index contributed by atoms with van der Waals surface area (Å²) in [5.74, 6) is -0.534. The molecule has 112 valence electrons. The van der Waals surface area contributed by atoms with Gasteiger partial charge < -0.3 is 10.2 Å². The van der Waals surface area contributed by atoms with E-state index in [1.807, 2.05) is 11.8 Å². The summed E-state index contributed by atoms with van der Waals surface area (Å²) in [6, 6.07) is 2.98. The van der Waals surface area contributed by atoms with Crippen LogP contribution in [0, 0.1) is 17.6 Å². The van der Waals surface area contributed by atoms with Crippen molar-refractivity contribution in [3.8, 4) is 0 Å². The van der Waals surface area contributed by atoms with E-state index in [0.717, 1.165) is 13.0 Å². The van der Waals surface area contributed by atoms with Crippen molar-refractivity contribution in [3.63, 3.8) is 0 Å². The molecule has 0 amide bonds. The maximum absolute atomic E-state index is 14.1. The van der Waals surface area contributed by atoms with Gasteiger partial charge in [0.15, 0.2) is 11.6 Å². The third-order valence-corrected chi connectivity index (χ3v) is 4.66. The number of nitrogens with zero attached hydrogens (tertiary/aromatic N) is 1. The standard InChI is InChI=1S/C15H21BrF2N2/c1-4-9(2)14-8-20(10(3)7-19-14)15-12(17)5-11(16)6-13(15)18/h5-6,9-10,14,19H,4,7-8H2,1-3H3. The van der Waals surface area contributed by atoms with Crippen LogP contribution in [-0.4, -0.2) is 25.2 Å². The molecule has 20 heavy (non-hydrogen) atoms. The summed E-state index contributed by atoms with van der Waals surface area (Å²) < 4.78 is 28.7. The molecule has 1 heterocycles. The zero-order valence-corrected chi connectivity index (χ0v) is 13.7. The molecule has 2 nitrogen and oxygen atoms in total. The fraction of sp³-hybridized carbons (Fsp3) is 0.600. The molecule has 0 aromatic heterocycles. The van der Waals surface area contributed by atoms with Crippen molar-refractivity contribution in [2.24, 2.45) is 5.92 Å². The maximum atomic E-state index is 14.1. The van der Waals surface area contributed by atoms with Crippen LogP contribution in [0.25, 0.3) is 0 Å². The minimum atomic E-state index is -0.506. The van der Waals surface area contributed by atoms with Crippen LogP contribution in [0.5, 0.6) is 0 Å². The SMILES string of the molecule is CCC(C)C1CN(c2c(F)cc(Br)cc2F)C(C)CN1. The van der Waals surface area contributed by atoms with Crippen LogP contribution in [0.4, 0.5) is 14.5 Å². The van der Waals surface area contributed by atoms with E-state index in [9.17, 15) is 8.78 Å². The van der Waals surface area contributed by atoms with E-state index in [0.29, 0.717) is 16.9 Å². The van der Waals surface area contributed by atoms with Gasteiger partial charge in [-0.3, -0.25) is 0 Å². The highest BCUT2D eigenvalue weighted by Gasteiger charge is 2.31. The van der Waals surface area contributed by atoms with Gasteiger partial charge in [-0.25, -0.2) is 8.78 Å². The summed E-state index contributed by atoms with van der Waals surface area (Å²) in [5.41, 5.74) is 0.0931. The number of piperazine rings is 1. The van der Waals surface area contributed by atoms with Crippen LogP contribution in [0.15, 0.2) is 16.6 Å². The highest BCUT2D eigenvalue weighted by Crippen LogP contribution is 2.30. The van der Waals surface area contributed by atoms with Crippen molar-refractivity contribution in [3.05, 3.63) is 28.2 Å². The Hall–Kier alpha value is -0.680. The van der Waals surface area contributed by atoms with Gasteiger partial charge in [-0.05, 0) is 25.0 Å². The molecule has 0 radical (unpaired) electrons. The van der Waals surface area contributed by atoms with Gasteiger partial charge in [-0.1, -0.05) is 36.2 Å². The van der Waals surface area contributed by atoms with Crippen molar-refractivity contribution < 1.29 is 8.78 Å². The van der Waals surface area contributed by atoms with E-state index in [1.165, 1.54) is 12.1 Å². The molecule has 3 unspecified atom stereocenters. The number of hydrogen-bond donors (Lipinski definition) is 1. The van der Waals surface area contributed by atoms with Gasteiger partial charge in [0.2, 0.25) is 0 Å². The third-order valence-electron chi connectivity index (χ3n) is 4.20. The summed E-state index contributed by atoms with van der Waals surface area (Å²) in [6.45, 7) is 7.66. The summed E-state index contributed by atoms with van der Waals surface area (Å²) >= 11 is 3.12. The van der Waals surface area contributed by atoms with Gasteiger partial charge in [0.1, 0.15) is 5.69 Å². The normalized spacial score (nSPS) is 24.8. The summed E-state index contributed by atoms with van der Waals surface area (Å²) in [7, 11) is 0. The molecule has 3 atom stereocenters. The maximum Gasteiger partial charge on any atom is 0.150 e. The Morgan fingerprint density at radius 3 is 2.55 bits per heavy atom. The van der Waals surface area contributed by atoms with Crippen LogP contribution < -0.4 is 10.2 Å². The second-order valence-electron chi connectivity index (χ2n) is 5.62. The minimum absolute atomic E-state index is 0.0699. The van der Waals surface area contributed by atoms with Crippen molar-refractivity contribution in [1.29, 1.82) is 0 Å².